The van der Waals surface area contributed by atoms with Crippen LogP contribution in [0.1, 0.15) is 29.9 Å². The highest BCUT2D eigenvalue weighted by molar-refractivity contribution is 6.34. The van der Waals surface area contributed by atoms with Gasteiger partial charge in [0.1, 0.15) is 11.6 Å². The number of hydrogen-bond acceptors (Lipinski definition) is 4. The first-order valence-electron chi connectivity index (χ1n) is 8.47. The number of hydrogen-bond donors (Lipinski definition) is 1. The highest BCUT2D eigenvalue weighted by Crippen LogP contribution is 2.28. The molecule has 0 atom stereocenters. The lowest BCUT2D eigenvalue weighted by Gasteiger charge is -2.11. The number of aryl methyl sites for hydroxylation is 2. The molecule has 0 aliphatic carbocycles. The van der Waals surface area contributed by atoms with Gasteiger partial charge in [-0.15, -0.1) is 0 Å². The number of benzene rings is 1. The summed E-state index contributed by atoms with van der Waals surface area (Å²) in [7, 11) is 0. The first kappa shape index (κ1) is 19.5. The molecule has 0 aliphatic rings. The zero-order valence-electron chi connectivity index (χ0n) is 15.0. The fourth-order valence-electron chi connectivity index (χ4n) is 2.88. The van der Waals surface area contributed by atoms with Crippen LogP contribution >= 0.6 is 23.2 Å². The number of nitrogens with zero attached hydrogens (tertiary/aromatic N) is 3. The highest BCUT2D eigenvalue weighted by atomic mass is 35.5. The van der Waals surface area contributed by atoms with E-state index >= 15 is 0 Å². The van der Waals surface area contributed by atoms with Crippen LogP contribution in [0.2, 0.25) is 10.0 Å². The van der Waals surface area contributed by atoms with Crippen LogP contribution in [0.15, 0.2) is 24.4 Å². The van der Waals surface area contributed by atoms with Crippen molar-refractivity contribution in [3.05, 3.63) is 51.5 Å². The average molecular weight is 408 g/mol. The standard InChI is InChI=1S/C19H19Cl2N3O3/c1-11-6-14(27-5-3-4-18(25)26)8-17-19(11)23-12(2)24(17)10-16-15(21)7-13(20)9-22-16/h6-9H,3-5,10H2,1-2H3,(H,25,26). The van der Waals surface area contributed by atoms with E-state index in [1.807, 2.05) is 30.5 Å². The van der Waals surface area contributed by atoms with E-state index < -0.39 is 5.97 Å². The van der Waals surface area contributed by atoms with Gasteiger partial charge in [-0.2, -0.15) is 0 Å². The molecular formula is C19H19Cl2N3O3. The Hall–Kier alpha value is -2.31. The van der Waals surface area contributed by atoms with E-state index in [9.17, 15) is 4.79 Å². The fraction of sp³-hybridized carbons (Fsp3) is 0.316. The summed E-state index contributed by atoms with van der Waals surface area (Å²) in [5.41, 5.74) is 3.48. The van der Waals surface area contributed by atoms with Crippen molar-refractivity contribution in [1.82, 2.24) is 14.5 Å². The topological polar surface area (TPSA) is 77.2 Å². The quantitative estimate of drug-likeness (QED) is 0.576. The van der Waals surface area contributed by atoms with Crippen molar-refractivity contribution >= 4 is 40.2 Å². The molecule has 27 heavy (non-hydrogen) atoms. The molecule has 1 aromatic carbocycles. The predicted molar refractivity (Wildman–Crippen MR) is 105 cm³/mol. The van der Waals surface area contributed by atoms with Gasteiger partial charge in [-0.1, -0.05) is 23.2 Å². The second-order valence-corrected chi connectivity index (χ2v) is 7.12. The number of carboxylic acids is 1. The molecule has 0 radical (unpaired) electrons. The number of aromatic nitrogens is 3. The summed E-state index contributed by atoms with van der Waals surface area (Å²) in [5.74, 6) is 0.692. The third-order valence-corrected chi connectivity index (χ3v) is 4.74. The molecule has 142 valence electrons. The van der Waals surface area contributed by atoms with E-state index in [0.717, 1.165) is 22.4 Å². The average Bonchev–Trinajstić information content (AvgIpc) is 2.90. The molecule has 0 spiro atoms. The van der Waals surface area contributed by atoms with Gasteiger partial charge in [0.05, 0.1) is 39.9 Å². The van der Waals surface area contributed by atoms with Gasteiger partial charge in [0.25, 0.3) is 0 Å². The normalized spacial score (nSPS) is 11.1. The maximum atomic E-state index is 10.6. The Morgan fingerprint density at radius 1 is 1.26 bits per heavy atom. The molecular weight excluding hydrogens is 389 g/mol. The van der Waals surface area contributed by atoms with Crippen LogP contribution < -0.4 is 4.74 Å². The van der Waals surface area contributed by atoms with E-state index in [2.05, 4.69) is 9.97 Å². The Bertz CT molecular complexity index is 1000. The molecule has 1 N–H and O–H groups in total. The van der Waals surface area contributed by atoms with Gasteiger partial charge in [-0.25, -0.2) is 4.98 Å². The van der Waals surface area contributed by atoms with E-state index in [-0.39, 0.29) is 6.42 Å². The number of ether oxygens (including phenoxy) is 1. The lowest BCUT2D eigenvalue weighted by Crippen LogP contribution is -2.05. The summed E-state index contributed by atoms with van der Waals surface area (Å²) in [6.07, 6.45) is 2.10. The maximum Gasteiger partial charge on any atom is 0.303 e. The minimum atomic E-state index is -0.828. The molecule has 2 aromatic heterocycles. The number of fused-ring (bicyclic) bond motifs is 1. The fourth-order valence-corrected chi connectivity index (χ4v) is 3.32. The first-order valence-corrected chi connectivity index (χ1v) is 9.22. The summed E-state index contributed by atoms with van der Waals surface area (Å²) >= 11 is 12.2. The van der Waals surface area contributed by atoms with Crippen molar-refractivity contribution in [2.45, 2.75) is 33.2 Å². The van der Waals surface area contributed by atoms with Gasteiger partial charge in [0.15, 0.2) is 0 Å². The zero-order chi connectivity index (χ0) is 19.6. The van der Waals surface area contributed by atoms with Gasteiger partial charge in [0, 0.05) is 18.7 Å². The number of aliphatic carboxylic acids is 1. The van der Waals surface area contributed by atoms with Crippen LogP contribution in [0.3, 0.4) is 0 Å². The van der Waals surface area contributed by atoms with Crippen LogP contribution in [-0.2, 0) is 11.3 Å². The smallest absolute Gasteiger partial charge is 0.303 e. The maximum absolute atomic E-state index is 10.6. The molecule has 0 bridgehead atoms. The molecule has 8 heteroatoms. The summed E-state index contributed by atoms with van der Waals surface area (Å²) in [6.45, 7) is 4.70. The van der Waals surface area contributed by atoms with Crippen molar-refractivity contribution in [3.63, 3.8) is 0 Å². The third kappa shape index (κ3) is 4.51. The predicted octanol–water partition coefficient (Wildman–Crippen LogP) is 4.65. The summed E-state index contributed by atoms with van der Waals surface area (Å²) in [6, 6.07) is 5.49. The molecule has 0 saturated carbocycles. The van der Waals surface area contributed by atoms with Crippen molar-refractivity contribution in [2.75, 3.05) is 6.61 Å². The molecule has 2 heterocycles. The third-order valence-electron chi connectivity index (χ3n) is 4.20. The highest BCUT2D eigenvalue weighted by Gasteiger charge is 2.14. The van der Waals surface area contributed by atoms with E-state index in [0.29, 0.717) is 41.1 Å². The van der Waals surface area contributed by atoms with E-state index in [4.69, 9.17) is 33.0 Å². The minimum Gasteiger partial charge on any atom is -0.493 e. The van der Waals surface area contributed by atoms with Gasteiger partial charge in [0.2, 0.25) is 0 Å². The van der Waals surface area contributed by atoms with Crippen LogP contribution in [0, 0.1) is 13.8 Å². The van der Waals surface area contributed by atoms with Crippen molar-refractivity contribution in [3.8, 4) is 5.75 Å². The van der Waals surface area contributed by atoms with Crippen molar-refractivity contribution in [2.24, 2.45) is 0 Å². The Morgan fingerprint density at radius 2 is 2.04 bits per heavy atom. The number of carboxylic acid groups (broad SMARTS) is 1. The lowest BCUT2D eigenvalue weighted by atomic mass is 10.2. The summed E-state index contributed by atoms with van der Waals surface area (Å²) in [5, 5.41) is 9.71. The van der Waals surface area contributed by atoms with Crippen LogP contribution in [0.25, 0.3) is 11.0 Å². The summed E-state index contributed by atoms with van der Waals surface area (Å²) < 4.78 is 7.76. The molecule has 0 saturated heterocycles. The van der Waals surface area contributed by atoms with Crippen molar-refractivity contribution < 1.29 is 14.6 Å². The number of rotatable bonds is 7. The Balaban J connectivity index is 1.90. The minimum absolute atomic E-state index is 0.0823. The molecule has 0 unspecified atom stereocenters. The van der Waals surface area contributed by atoms with Crippen molar-refractivity contribution in [1.29, 1.82) is 0 Å². The first-order chi connectivity index (χ1) is 12.8. The van der Waals surface area contributed by atoms with Gasteiger partial charge in [-0.3, -0.25) is 9.78 Å². The van der Waals surface area contributed by atoms with Gasteiger partial charge >= 0.3 is 5.97 Å². The zero-order valence-corrected chi connectivity index (χ0v) is 16.5. The second kappa shape index (κ2) is 8.15. The van der Waals surface area contributed by atoms with Crippen LogP contribution in [0.4, 0.5) is 0 Å². The van der Waals surface area contributed by atoms with Crippen LogP contribution in [0.5, 0.6) is 5.75 Å². The number of imidazole rings is 1. The molecule has 6 nitrogen and oxygen atoms in total. The Kier molecular flexibility index (Phi) is 5.87. The SMILES string of the molecule is Cc1cc(OCCCC(=O)O)cc2c1nc(C)n2Cc1ncc(Cl)cc1Cl. The Morgan fingerprint density at radius 3 is 2.74 bits per heavy atom. The largest absolute Gasteiger partial charge is 0.493 e. The van der Waals surface area contributed by atoms with E-state index in [1.165, 1.54) is 0 Å². The van der Waals surface area contributed by atoms with Crippen LogP contribution in [-0.4, -0.2) is 32.2 Å². The molecule has 0 amide bonds. The van der Waals surface area contributed by atoms with Gasteiger partial charge < -0.3 is 14.4 Å². The Labute approximate surface area is 166 Å². The summed E-state index contributed by atoms with van der Waals surface area (Å²) in [4.78, 5) is 19.6. The molecule has 0 fully saturated rings. The van der Waals surface area contributed by atoms with Gasteiger partial charge in [-0.05, 0) is 38.0 Å². The van der Waals surface area contributed by atoms with E-state index in [1.54, 1.807) is 12.3 Å². The monoisotopic (exact) mass is 407 g/mol. The number of carbonyl (C=O) groups is 1. The molecule has 0 aliphatic heterocycles. The second-order valence-electron chi connectivity index (χ2n) is 6.28. The number of halogens is 2. The molecule has 3 aromatic rings. The lowest BCUT2D eigenvalue weighted by molar-refractivity contribution is -0.137. The number of pyridine rings is 1. The molecule has 3 rings (SSSR count).